The van der Waals surface area contributed by atoms with Crippen molar-refractivity contribution in [1.82, 2.24) is 20.2 Å². The Labute approximate surface area is 195 Å². The van der Waals surface area contributed by atoms with Crippen LogP contribution in [0.1, 0.15) is 19.3 Å². The van der Waals surface area contributed by atoms with Crippen molar-refractivity contribution in [3.05, 3.63) is 30.5 Å². The molecule has 2 N–H and O–H groups in total. The lowest BCUT2D eigenvalue weighted by Gasteiger charge is -2.26. The van der Waals surface area contributed by atoms with Gasteiger partial charge in [-0.2, -0.15) is 4.98 Å². The molecule has 33 heavy (non-hydrogen) atoms. The first-order chi connectivity index (χ1) is 16.3. The summed E-state index contributed by atoms with van der Waals surface area (Å²) in [5, 5.41) is 6.62. The molecule has 3 heterocycles. The van der Waals surface area contributed by atoms with Crippen molar-refractivity contribution in [2.24, 2.45) is 5.92 Å². The predicted octanol–water partition coefficient (Wildman–Crippen LogP) is 2.71. The number of morpholine rings is 1. The average molecular weight is 458 g/mol. The van der Waals surface area contributed by atoms with Gasteiger partial charge in [0.05, 0.1) is 33.5 Å². The standard InChI is InChI=1S/C24H35N5O4/c1-30-21-4-3-20(17-22(21)32-14-2-11-29-12-15-31-16-13-29)27-24-26-10-7-23(28-24)33-18-19-5-8-25-9-6-19/h3-4,7,10,17,19,25H,2,5-6,8-9,11-16,18H2,1H3,(H,26,27,28). The molecule has 0 amide bonds. The van der Waals surface area contributed by atoms with E-state index in [9.17, 15) is 0 Å². The molecule has 2 fully saturated rings. The number of aromatic nitrogens is 2. The molecule has 0 radical (unpaired) electrons. The maximum Gasteiger partial charge on any atom is 0.230 e. The van der Waals surface area contributed by atoms with Gasteiger partial charge < -0.3 is 29.6 Å². The number of nitrogens with zero attached hydrogens (tertiary/aromatic N) is 3. The van der Waals surface area contributed by atoms with E-state index in [2.05, 4.69) is 25.5 Å². The number of anilines is 2. The van der Waals surface area contributed by atoms with E-state index in [-0.39, 0.29) is 0 Å². The molecule has 0 spiro atoms. The summed E-state index contributed by atoms with van der Waals surface area (Å²) in [6.07, 6.45) is 4.93. The highest BCUT2D eigenvalue weighted by Crippen LogP contribution is 2.31. The molecule has 0 saturated carbocycles. The van der Waals surface area contributed by atoms with Crippen molar-refractivity contribution >= 4 is 11.6 Å². The Bertz CT molecular complexity index is 856. The molecule has 2 aliphatic heterocycles. The van der Waals surface area contributed by atoms with Gasteiger partial charge in [-0.1, -0.05) is 0 Å². The van der Waals surface area contributed by atoms with Crippen LogP contribution in [0.5, 0.6) is 17.4 Å². The van der Waals surface area contributed by atoms with Crippen molar-refractivity contribution < 1.29 is 18.9 Å². The Morgan fingerprint density at radius 3 is 2.79 bits per heavy atom. The van der Waals surface area contributed by atoms with Crippen molar-refractivity contribution in [2.75, 3.05) is 71.6 Å². The van der Waals surface area contributed by atoms with E-state index in [1.54, 1.807) is 19.4 Å². The second-order valence-electron chi connectivity index (χ2n) is 8.37. The molecule has 4 rings (SSSR count). The van der Waals surface area contributed by atoms with Gasteiger partial charge in [0, 0.05) is 43.7 Å². The van der Waals surface area contributed by atoms with Gasteiger partial charge in [0.25, 0.3) is 0 Å². The van der Waals surface area contributed by atoms with Crippen molar-refractivity contribution in [3.8, 4) is 17.4 Å². The largest absolute Gasteiger partial charge is 0.493 e. The molecule has 0 unspecified atom stereocenters. The molecular formula is C24H35N5O4. The third-order valence-corrected chi connectivity index (χ3v) is 5.96. The fourth-order valence-electron chi connectivity index (χ4n) is 4.03. The number of piperidine rings is 1. The Hall–Kier alpha value is -2.62. The first-order valence-electron chi connectivity index (χ1n) is 11.8. The molecular weight excluding hydrogens is 422 g/mol. The molecule has 2 saturated heterocycles. The molecule has 9 nitrogen and oxygen atoms in total. The van der Waals surface area contributed by atoms with Gasteiger partial charge in [-0.3, -0.25) is 4.90 Å². The van der Waals surface area contributed by atoms with E-state index in [0.717, 1.165) is 70.9 Å². The van der Waals surface area contributed by atoms with Crippen LogP contribution in [-0.2, 0) is 4.74 Å². The third kappa shape index (κ3) is 7.45. The first kappa shape index (κ1) is 23.5. The average Bonchev–Trinajstić information content (AvgIpc) is 2.87. The van der Waals surface area contributed by atoms with E-state index < -0.39 is 0 Å². The van der Waals surface area contributed by atoms with Crippen molar-refractivity contribution in [2.45, 2.75) is 19.3 Å². The van der Waals surface area contributed by atoms with Crippen molar-refractivity contribution in [3.63, 3.8) is 0 Å². The quantitative estimate of drug-likeness (QED) is 0.494. The number of hydrogen-bond donors (Lipinski definition) is 2. The highest BCUT2D eigenvalue weighted by atomic mass is 16.5. The topological polar surface area (TPSA) is 90.0 Å². The second-order valence-corrected chi connectivity index (χ2v) is 8.37. The van der Waals surface area contributed by atoms with Crippen LogP contribution in [0.4, 0.5) is 11.6 Å². The van der Waals surface area contributed by atoms with E-state index in [1.807, 2.05) is 18.2 Å². The minimum Gasteiger partial charge on any atom is -0.493 e. The Morgan fingerprint density at radius 2 is 1.97 bits per heavy atom. The van der Waals surface area contributed by atoms with Crippen LogP contribution in [-0.4, -0.2) is 81.1 Å². The molecule has 0 aliphatic carbocycles. The fraction of sp³-hybridized carbons (Fsp3) is 0.583. The number of hydrogen-bond acceptors (Lipinski definition) is 9. The van der Waals surface area contributed by atoms with E-state index in [1.165, 1.54) is 0 Å². The van der Waals surface area contributed by atoms with Gasteiger partial charge in [0.2, 0.25) is 11.8 Å². The summed E-state index contributed by atoms with van der Waals surface area (Å²) in [5.41, 5.74) is 0.828. The maximum absolute atomic E-state index is 6.03. The van der Waals surface area contributed by atoms with Crippen LogP contribution in [0.25, 0.3) is 0 Å². The molecule has 2 aromatic rings. The van der Waals surface area contributed by atoms with Gasteiger partial charge in [0.1, 0.15) is 0 Å². The summed E-state index contributed by atoms with van der Waals surface area (Å²) in [6, 6.07) is 7.52. The van der Waals surface area contributed by atoms with Crippen LogP contribution in [0.15, 0.2) is 30.5 Å². The normalized spacial score (nSPS) is 17.5. The monoisotopic (exact) mass is 457 g/mol. The van der Waals surface area contributed by atoms with Gasteiger partial charge in [-0.05, 0) is 50.4 Å². The highest BCUT2D eigenvalue weighted by Gasteiger charge is 2.14. The highest BCUT2D eigenvalue weighted by molar-refractivity contribution is 5.59. The minimum atomic E-state index is 0.487. The maximum atomic E-state index is 6.03. The van der Waals surface area contributed by atoms with E-state index in [0.29, 0.717) is 42.5 Å². The molecule has 9 heteroatoms. The Morgan fingerprint density at radius 1 is 1.12 bits per heavy atom. The minimum absolute atomic E-state index is 0.487. The lowest BCUT2D eigenvalue weighted by atomic mass is 9.99. The second kappa shape index (κ2) is 12.6. The van der Waals surface area contributed by atoms with Crippen LogP contribution < -0.4 is 24.8 Å². The number of ether oxygens (including phenoxy) is 4. The molecule has 2 aliphatic rings. The van der Waals surface area contributed by atoms with Gasteiger partial charge >= 0.3 is 0 Å². The van der Waals surface area contributed by atoms with Crippen LogP contribution in [0, 0.1) is 5.92 Å². The van der Waals surface area contributed by atoms with E-state index >= 15 is 0 Å². The first-order valence-corrected chi connectivity index (χ1v) is 11.8. The van der Waals surface area contributed by atoms with Gasteiger partial charge in [0.15, 0.2) is 11.5 Å². The number of rotatable bonds is 11. The summed E-state index contributed by atoms with van der Waals surface area (Å²) in [7, 11) is 1.65. The lowest BCUT2D eigenvalue weighted by Crippen LogP contribution is -2.37. The zero-order valence-corrected chi connectivity index (χ0v) is 19.4. The summed E-state index contributed by atoms with van der Waals surface area (Å²) < 4.78 is 22.8. The fourth-order valence-corrected chi connectivity index (χ4v) is 4.03. The number of benzene rings is 1. The Balaban J connectivity index is 1.30. The van der Waals surface area contributed by atoms with Gasteiger partial charge in [-0.15, -0.1) is 0 Å². The van der Waals surface area contributed by atoms with Crippen LogP contribution in [0.2, 0.25) is 0 Å². The summed E-state index contributed by atoms with van der Waals surface area (Å²) in [6.45, 7) is 8.02. The van der Waals surface area contributed by atoms with E-state index in [4.69, 9.17) is 18.9 Å². The predicted molar refractivity (Wildman–Crippen MR) is 127 cm³/mol. The lowest BCUT2D eigenvalue weighted by molar-refractivity contribution is 0.0357. The zero-order valence-electron chi connectivity index (χ0n) is 19.4. The molecule has 180 valence electrons. The molecule has 0 atom stereocenters. The number of nitrogens with one attached hydrogen (secondary N) is 2. The smallest absolute Gasteiger partial charge is 0.230 e. The summed E-state index contributed by atoms with van der Waals surface area (Å²) in [4.78, 5) is 11.2. The zero-order chi connectivity index (χ0) is 22.7. The van der Waals surface area contributed by atoms with Crippen LogP contribution in [0.3, 0.4) is 0 Å². The molecule has 0 bridgehead atoms. The Kier molecular flexibility index (Phi) is 8.97. The molecule has 1 aromatic carbocycles. The number of methoxy groups -OCH3 is 1. The molecule has 1 aromatic heterocycles. The third-order valence-electron chi connectivity index (χ3n) is 5.96. The summed E-state index contributed by atoms with van der Waals surface area (Å²) in [5.74, 6) is 3.04. The van der Waals surface area contributed by atoms with Crippen LogP contribution >= 0.6 is 0 Å². The summed E-state index contributed by atoms with van der Waals surface area (Å²) >= 11 is 0. The van der Waals surface area contributed by atoms with Gasteiger partial charge in [-0.25, -0.2) is 4.98 Å². The SMILES string of the molecule is COc1ccc(Nc2nccc(OCC3CCNCC3)n2)cc1OCCCN1CCOCC1. The van der Waals surface area contributed by atoms with Crippen molar-refractivity contribution in [1.29, 1.82) is 0 Å².